The van der Waals surface area contributed by atoms with Crippen LogP contribution in [0.4, 0.5) is 4.79 Å². The Balaban J connectivity index is 2.31. The fraction of sp³-hybridized carbons (Fsp3) is 0.833. The van der Waals surface area contributed by atoms with E-state index in [0.717, 1.165) is 19.5 Å². The predicted molar refractivity (Wildman–Crippen MR) is 36.6 cm³/mol. The van der Waals surface area contributed by atoms with Crippen LogP contribution in [0, 0.1) is 0 Å². The molecule has 1 heterocycles. The second-order valence-corrected chi connectivity index (χ2v) is 2.25. The van der Waals surface area contributed by atoms with Gasteiger partial charge in [0.05, 0.1) is 13.8 Å². The summed E-state index contributed by atoms with van der Waals surface area (Å²) in [5, 5.41) is 3.08. The van der Waals surface area contributed by atoms with Gasteiger partial charge in [-0.15, -0.1) is 0 Å². The number of hydrogen-bond donors (Lipinski definition) is 1. The van der Waals surface area contributed by atoms with Crippen LogP contribution in [-0.2, 0) is 4.74 Å². The van der Waals surface area contributed by atoms with E-state index in [2.05, 4.69) is 10.1 Å². The second-order valence-electron chi connectivity index (χ2n) is 2.25. The Morgan fingerprint density at radius 1 is 1.70 bits per heavy atom. The smallest absolute Gasteiger partial charge is 0.410 e. The van der Waals surface area contributed by atoms with Crippen LogP contribution in [-0.4, -0.2) is 37.9 Å². The lowest BCUT2D eigenvalue weighted by Gasteiger charge is -2.25. The molecule has 0 spiro atoms. The van der Waals surface area contributed by atoms with Crippen molar-refractivity contribution in [1.82, 2.24) is 10.2 Å². The van der Waals surface area contributed by atoms with Crippen molar-refractivity contribution < 1.29 is 9.53 Å². The third-order valence-corrected chi connectivity index (χ3v) is 1.52. The number of carbonyl (C=O) groups is 1. The lowest BCUT2D eigenvalue weighted by Crippen LogP contribution is -2.44. The molecule has 0 bridgehead atoms. The summed E-state index contributed by atoms with van der Waals surface area (Å²) in [5.74, 6) is 0. The SMILES string of the molecule is COC(=O)N1CCCNC1. The average molecular weight is 144 g/mol. The van der Waals surface area contributed by atoms with Crippen molar-refractivity contribution in [2.45, 2.75) is 6.42 Å². The Hall–Kier alpha value is -0.770. The van der Waals surface area contributed by atoms with Crippen LogP contribution < -0.4 is 5.32 Å². The first kappa shape index (κ1) is 7.34. The number of rotatable bonds is 0. The van der Waals surface area contributed by atoms with Gasteiger partial charge in [0, 0.05) is 6.54 Å². The maximum Gasteiger partial charge on any atom is 0.410 e. The minimum absolute atomic E-state index is 0.243. The largest absolute Gasteiger partial charge is 0.453 e. The highest BCUT2D eigenvalue weighted by Crippen LogP contribution is 1.97. The van der Waals surface area contributed by atoms with Gasteiger partial charge in [0.15, 0.2) is 0 Å². The zero-order valence-electron chi connectivity index (χ0n) is 6.09. The zero-order valence-corrected chi connectivity index (χ0v) is 6.09. The van der Waals surface area contributed by atoms with Crippen molar-refractivity contribution in [3.8, 4) is 0 Å². The quantitative estimate of drug-likeness (QED) is 0.520. The Bertz CT molecular complexity index is 121. The first-order valence-electron chi connectivity index (χ1n) is 3.38. The molecule has 1 N–H and O–H groups in total. The molecule has 0 aromatic carbocycles. The van der Waals surface area contributed by atoms with E-state index in [-0.39, 0.29) is 6.09 Å². The van der Waals surface area contributed by atoms with Crippen molar-refractivity contribution in [3.05, 3.63) is 0 Å². The molecule has 0 aromatic heterocycles. The molecule has 1 amide bonds. The molecule has 1 aliphatic rings. The normalized spacial score (nSPS) is 18.7. The number of ether oxygens (including phenoxy) is 1. The molecule has 4 heteroatoms. The van der Waals surface area contributed by atoms with Crippen molar-refractivity contribution in [3.63, 3.8) is 0 Å². The van der Waals surface area contributed by atoms with E-state index >= 15 is 0 Å². The number of amides is 1. The fourth-order valence-corrected chi connectivity index (χ4v) is 0.973. The first-order valence-corrected chi connectivity index (χ1v) is 3.38. The van der Waals surface area contributed by atoms with Gasteiger partial charge in [0.25, 0.3) is 0 Å². The van der Waals surface area contributed by atoms with Crippen molar-refractivity contribution in [2.24, 2.45) is 0 Å². The number of nitrogens with one attached hydrogen (secondary N) is 1. The molecule has 0 radical (unpaired) electrons. The van der Waals surface area contributed by atoms with E-state index in [1.165, 1.54) is 7.11 Å². The highest BCUT2D eigenvalue weighted by molar-refractivity contribution is 5.67. The molecule has 1 rings (SSSR count). The van der Waals surface area contributed by atoms with Crippen molar-refractivity contribution >= 4 is 6.09 Å². The average Bonchev–Trinajstić information content (AvgIpc) is 2.05. The summed E-state index contributed by atoms with van der Waals surface area (Å²) in [6, 6.07) is 0. The van der Waals surface area contributed by atoms with Crippen LogP contribution in [0.5, 0.6) is 0 Å². The van der Waals surface area contributed by atoms with Gasteiger partial charge in [0.1, 0.15) is 0 Å². The Morgan fingerprint density at radius 2 is 2.50 bits per heavy atom. The summed E-state index contributed by atoms with van der Waals surface area (Å²) in [6.07, 6.45) is 0.766. The second kappa shape index (κ2) is 3.41. The first-order chi connectivity index (χ1) is 4.84. The summed E-state index contributed by atoms with van der Waals surface area (Å²) in [7, 11) is 1.40. The van der Waals surface area contributed by atoms with Gasteiger partial charge >= 0.3 is 6.09 Å². The van der Waals surface area contributed by atoms with Crippen LogP contribution in [0.2, 0.25) is 0 Å². The van der Waals surface area contributed by atoms with Gasteiger partial charge in [-0.3, -0.25) is 10.2 Å². The highest BCUT2D eigenvalue weighted by Gasteiger charge is 2.15. The van der Waals surface area contributed by atoms with E-state index in [1.807, 2.05) is 0 Å². The van der Waals surface area contributed by atoms with E-state index < -0.39 is 0 Å². The lowest BCUT2D eigenvalue weighted by molar-refractivity contribution is 0.112. The summed E-state index contributed by atoms with van der Waals surface area (Å²) < 4.78 is 4.54. The lowest BCUT2D eigenvalue weighted by atomic mass is 10.3. The molecule has 1 fully saturated rings. The van der Waals surface area contributed by atoms with Crippen LogP contribution >= 0.6 is 0 Å². The van der Waals surface area contributed by atoms with Gasteiger partial charge in [-0.1, -0.05) is 0 Å². The van der Waals surface area contributed by atoms with Gasteiger partial charge < -0.3 is 4.74 Å². The van der Waals surface area contributed by atoms with Gasteiger partial charge in [0.2, 0.25) is 0 Å². The van der Waals surface area contributed by atoms with Crippen LogP contribution in [0.3, 0.4) is 0 Å². The summed E-state index contributed by atoms with van der Waals surface area (Å²) in [5.41, 5.74) is 0. The van der Waals surface area contributed by atoms with Crippen molar-refractivity contribution in [2.75, 3.05) is 26.9 Å². The van der Waals surface area contributed by atoms with Crippen molar-refractivity contribution in [1.29, 1.82) is 0 Å². The molecule has 10 heavy (non-hydrogen) atoms. The minimum atomic E-state index is -0.243. The molecule has 4 nitrogen and oxygen atoms in total. The van der Waals surface area contributed by atoms with Crippen LogP contribution in [0.25, 0.3) is 0 Å². The maximum absolute atomic E-state index is 10.8. The minimum Gasteiger partial charge on any atom is -0.453 e. The number of methoxy groups -OCH3 is 1. The third-order valence-electron chi connectivity index (χ3n) is 1.52. The Kier molecular flexibility index (Phi) is 2.50. The molecule has 58 valence electrons. The molecule has 1 saturated heterocycles. The van der Waals surface area contributed by atoms with E-state index in [1.54, 1.807) is 4.90 Å². The molecule has 0 aliphatic carbocycles. The highest BCUT2D eigenvalue weighted by atomic mass is 16.5. The number of nitrogens with zero attached hydrogens (tertiary/aromatic N) is 1. The van der Waals surface area contributed by atoms with Crippen LogP contribution in [0.15, 0.2) is 0 Å². The topological polar surface area (TPSA) is 41.6 Å². The van der Waals surface area contributed by atoms with Gasteiger partial charge in [-0.25, -0.2) is 4.79 Å². The monoisotopic (exact) mass is 144 g/mol. The van der Waals surface area contributed by atoms with Gasteiger partial charge in [-0.05, 0) is 13.0 Å². The van der Waals surface area contributed by atoms with Gasteiger partial charge in [-0.2, -0.15) is 0 Å². The van der Waals surface area contributed by atoms with E-state index in [9.17, 15) is 4.79 Å². The standard InChI is InChI=1S/C6H12N2O2/c1-10-6(9)8-4-2-3-7-5-8/h7H,2-5H2,1H3. The summed E-state index contributed by atoms with van der Waals surface area (Å²) in [6.45, 7) is 2.42. The molecule has 1 aliphatic heterocycles. The third kappa shape index (κ3) is 1.60. The molecule has 0 atom stereocenters. The predicted octanol–water partition coefficient (Wildman–Crippen LogP) is 0.00560. The Morgan fingerprint density at radius 3 is 3.00 bits per heavy atom. The summed E-state index contributed by atoms with van der Waals surface area (Å²) in [4.78, 5) is 12.5. The molecule has 0 unspecified atom stereocenters. The maximum atomic E-state index is 10.8. The molecular formula is C6H12N2O2. The molecular weight excluding hydrogens is 132 g/mol. The summed E-state index contributed by atoms with van der Waals surface area (Å²) >= 11 is 0. The molecule has 0 aromatic rings. The van der Waals surface area contributed by atoms with Crippen LogP contribution in [0.1, 0.15) is 6.42 Å². The Labute approximate surface area is 60.1 Å². The van der Waals surface area contributed by atoms with E-state index in [0.29, 0.717) is 6.67 Å². The number of hydrogen-bond acceptors (Lipinski definition) is 3. The molecule has 0 saturated carbocycles. The zero-order chi connectivity index (χ0) is 7.40. The van der Waals surface area contributed by atoms with E-state index in [4.69, 9.17) is 0 Å². The number of carbonyl (C=O) groups excluding carboxylic acids is 1. The fourth-order valence-electron chi connectivity index (χ4n) is 0.973.